The summed E-state index contributed by atoms with van der Waals surface area (Å²) >= 11 is 3.02. The summed E-state index contributed by atoms with van der Waals surface area (Å²) in [7, 11) is 0. The van der Waals surface area contributed by atoms with Crippen molar-refractivity contribution in [3.05, 3.63) is 68.3 Å². The van der Waals surface area contributed by atoms with Crippen LogP contribution >= 0.6 is 15.9 Å². The van der Waals surface area contributed by atoms with E-state index in [0.29, 0.717) is 5.69 Å². The number of imide groups is 1. The fourth-order valence-electron chi connectivity index (χ4n) is 2.32. The van der Waals surface area contributed by atoms with Crippen LogP contribution in [0.3, 0.4) is 0 Å². The molecule has 1 fully saturated rings. The lowest BCUT2D eigenvalue weighted by Gasteiger charge is -2.10. The molecule has 0 bridgehead atoms. The smallest absolute Gasteiger partial charge is 0.333 e. The Labute approximate surface area is 149 Å². The number of aromatic hydroxyl groups is 1. The van der Waals surface area contributed by atoms with Crippen LogP contribution in [-0.4, -0.2) is 22.0 Å². The quantitative estimate of drug-likeness (QED) is 0.353. The molecule has 2 N–H and O–H groups in total. The minimum atomic E-state index is -0.647. The van der Waals surface area contributed by atoms with E-state index in [-0.39, 0.29) is 27.2 Å². The molecule has 0 aromatic heterocycles. The molecule has 0 radical (unpaired) electrons. The van der Waals surface area contributed by atoms with Crippen molar-refractivity contribution in [2.24, 2.45) is 0 Å². The maximum absolute atomic E-state index is 12.5. The molecule has 0 aliphatic carbocycles. The first-order valence-corrected chi connectivity index (χ1v) is 7.77. The first kappa shape index (κ1) is 16.7. The van der Waals surface area contributed by atoms with Crippen molar-refractivity contribution in [2.75, 3.05) is 4.90 Å². The molecule has 3 amide bonds. The third-order valence-corrected chi connectivity index (χ3v) is 4.09. The van der Waals surface area contributed by atoms with Gasteiger partial charge >= 0.3 is 6.03 Å². The van der Waals surface area contributed by atoms with Crippen molar-refractivity contribution in [2.45, 2.75) is 0 Å². The molecule has 2 aromatic rings. The van der Waals surface area contributed by atoms with Crippen LogP contribution in [0.1, 0.15) is 5.56 Å². The number of urea groups is 1. The molecule has 0 unspecified atom stereocenters. The third kappa shape index (κ3) is 3.09. The molecule has 9 heteroatoms. The Bertz CT molecular complexity index is 927. The van der Waals surface area contributed by atoms with Crippen LogP contribution in [0.15, 0.2) is 52.6 Å². The standard InChI is InChI=1S/C16H10BrN3O5/c17-12-8-11(20(24)25)6-9(14(12)21)7-13-15(22)19(16(23)18-13)10-4-2-1-3-5-10/h1-8,21H,(H,18,23)/b13-7+. The average molecular weight is 404 g/mol. The summed E-state index contributed by atoms with van der Waals surface area (Å²) in [6.45, 7) is 0. The Morgan fingerprint density at radius 2 is 1.88 bits per heavy atom. The van der Waals surface area contributed by atoms with Crippen molar-refractivity contribution in [3.8, 4) is 5.75 Å². The zero-order valence-corrected chi connectivity index (χ0v) is 14.1. The van der Waals surface area contributed by atoms with Crippen LogP contribution in [0.2, 0.25) is 0 Å². The van der Waals surface area contributed by atoms with Gasteiger partial charge in [-0.25, -0.2) is 9.69 Å². The van der Waals surface area contributed by atoms with Crippen molar-refractivity contribution >= 4 is 45.3 Å². The highest BCUT2D eigenvalue weighted by atomic mass is 79.9. The number of para-hydroxylation sites is 1. The highest BCUT2D eigenvalue weighted by molar-refractivity contribution is 9.10. The Morgan fingerprint density at radius 3 is 2.52 bits per heavy atom. The number of non-ortho nitro benzene ring substituents is 1. The van der Waals surface area contributed by atoms with Gasteiger partial charge in [-0.3, -0.25) is 14.9 Å². The van der Waals surface area contributed by atoms with Gasteiger partial charge in [0.25, 0.3) is 11.6 Å². The van der Waals surface area contributed by atoms with Crippen LogP contribution in [0.5, 0.6) is 5.75 Å². The van der Waals surface area contributed by atoms with Crippen LogP contribution in [-0.2, 0) is 4.79 Å². The summed E-state index contributed by atoms with van der Waals surface area (Å²) in [5.74, 6) is -0.906. The number of hydrogen-bond donors (Lipinski definition) is 2. The molecule has 0 spiro atoms. The Morgan fingerprint density at radius 1 is 1.20 bits per heavy atom. The molecule has 126 valence electrons. The molecule has 1 aliphatic rings. The van der Waals surface area contributed by atoms with Crippen molar-refractivity contribution < 1.29 is 19.6 Å². The molecular weight excluding hydrogens is 394 g/mol. The highest BCUT2D eigenvalue weighted by Gasteiger charge is 2.35. The number of amides is 3. The van der Waals surface area contributed by atoms with E-state index in [9.17, 15) is 24.8 Å². The number of nitro groups is 1. The van der Waals surface area contributed by atoms with E-state index in [4.69, 9.17) is 0 Å². The minimum Gasteiger partial charge on any atom is -0.506 e. The van der Waals surface area contributed by atoms with E-state index in [2.05, 4.69) is 21.2 Å². The molecule has 25 heavy (non-hydrogen) atoms. The maximum atomic E-state index is 12.5. The van der Waals surface area contributed by atoms with Crippen molar-refractivity contribution in [3.63, 3.8) is 0 Å². The van der Waals surface area contributed by atoms with Gasteiger partial charge in [-0.15, -0.1) is 0 Å². The van der Waals surface area contributed by atoms with Gasteiger partial charge < -0.3 is 10.4 Å². The molecule has 8 nitrogen and oxygen atoms in total. The van der Waals surface area contributed by atoms with Gasteiger partial charge in [0.1, 0.15) is 11.4 Å². The fraction of sp³-hybridized carbons (Fsp3) is 0. The second kappa shape index (κ2) is 6.36. The van der Waals surface area contributed by atoms with Gasteiger partial charge in [-0.05, 0) is 34.1 Å². The number of nitrogens with zero attached hydrogens (tertiary/aromatic N) is 2. The topological polar surface area (TPSA) is 113 Å². The first-order valence-electron chi connectivity index (χ1n) is 6.97. The number of carbonyl (C=O) groups excluding carboxylic acids is 2. The Balaban J connectivity index is 2.02. The first-order chi connectivity index (χ1) is 11.9. The molecule has 3 rings (SSSR count). The lowest BCUT2D eigenvalue weighted by molar-refractivity contribution is -0.385. The van der Waals surface area contributed by atoms with E-state index < -0.39 is 16.9 Å². The lowest BCUT2D eigenvalue weighted by Crippen LogP contribution is -2.30. The van der Waals surface area contributed by atoms with Gasteiger partial charge in [0.2, 0.25) is 0 Å². The van der Waals surface area contributed by atoms with E-state index in [0.717, 1.165) is 17.0 Å². The van der Waals surface area contributed by atoms with Gasteiger partial charge in [0.05, 0.1) is 15.1 Å². The summed E-state index contributed by atoms with van der Waals surface area (Å²) in [5.41, 5.74) is 0.0437. The number of hydrogen-bond acceptors (Lipinski definition) is 5. The van der Waals surface area contributed by atoms with Crippen LogP contribution in [0, 0.1) is 10.1 Å². The normalized spacial score (nSPS) is 15.6. The number of anilines is 1. The summed E-state index contributed by atoms with van der Waals surface area (Å²) in [6.07, 6.45) is 1.19. The Kier molecular flexibility index (Phi) is 4.24. The number of phenols is 1. The van der Waals surface area contributed by atoms with Crippen LogP contribution in [0.4, 0.5) is 16.2 Å². The highest BCUT2D eigenvalue weighted by Crippen LogP contribution is 2.34. The molecule has 0 atom stereocenters. The molecule has 0 saturated carbocycles. The van der Waals surface area contributed by atoms with E-state index in [1.54, 1.807) is 30.3 Å². The lowest BCUT2D eigenvalue weighted by atomic mass is 10.1. The number of phenolic OH excluding ortho intramolecular Hbond substituents is 1. The fourth-order valence-corrected chi connectivity index (χ4v) is 2.79. The van der Waals surface area contributed by atoms with Gasteiger partial charge in [0, 0.05) is 17.7 Å². The second-order valence-electron chi connectivity index (χ2n) is 5.09. The van der Waals surface area contributed by atoms with E-state index >= 15 is 0 Å². The van der Waals surface area contributed by atoms with Crippen LogP contribution in [0.25, 0.3) is 6.08 Å². The summed E-state index contributed by atoms with van der Waals surface area (Å²) in [5, 5.41) is 23.4. The number of nitro benzene ring substituents is 1. The van der Waals surface area contributed by atoms with E-state index in [1.165, 1.54) is 6.08 Å². The predicted molar refractivity (Wildman–Crippen MR) is 92.9 cm³/mol. The number of benzene rings is 2. The molecule has 1 heterocycles. The van der Waals surface area contributed by atoms with E-state index in [1.807, 2.05) is 0 Å². The SMILES string of the molecule is O=C1N/C(=C/c2cc([N+](=O)[O-])cc(Br)c2O)C(=O)N1c1ccccc1. The zero-order chi connectivity index (χ0) is 18.1. The largest absolute Gasteiger partial charge is 0.506 e. The van der Waals surface area contributed by atoms with Gasteiger partial charge in [-0.1, -0.05) is 18.2 Å². The summed E-state index contributed by atoms with van der Waals surface area (Å²) in [4.78, 5) is 35.8. The predicted octanol–water partition coefficient (Wildman–Crippen LogP) is 3.16. The number of halogens is 1. The average Bonchev–Trinajstić information content (AvgIpc) is 2.86. The maximum Gasteiger partial charge on any atom is 0.333 e. The number of carbonyl (C=O) groups is 2. The second-order valence-corrected chi connectivity index (χ2v) is 5.94. The summed E-state index contributed by atoms with van der Waals surface area (Å²) in [6, 6.07) is 9.91. The van der Waals surface area contributed by atoms with Crippen LogP contribution < -0.4 is 10.2 Å². The monoisotopic (exact) mass is 403 g/mol. The third-order valence-electron chi connectivity index (χ3n) is 3.48. The zero-order valence-electron chi connectivity index (χ0n) is 12.5. The van der Waals surface area contributed by atoms with Gasteiger partial charge in [-0.2, -0.15) is 0 Å². The molecule has 1 saturated heterocycles. The minimum absolute atomic E-state index is 0.0274. The summed E-state index contributed by atoms with van der Waals surface area (Å²) < 4.78 is 0.102. The van der Waals surface area contributed by atoms with Crippen molar-refractivity contribution in [1.29, 1.82) is 0 Å². The molecular formula is C16H10BrN3O5. The van der Waals surface area contributed by atoms with Gasteiger partial charge in [0.15, 0.2) is 0 Å². The molecule has 1 aliphatic heterocycles. The Hall–Kier alpha value is -3.20. The van der Waals surface area contributed by atoms with Crippen molar-refractivity contribution in [1.82, 2.24) is 5.32 Å². The molecule has 2 aromatic carbocycles. The number of rotatable bonds is 3. The number of nitrogens with one attached hydrogen (secondary N) is 1.